The number of carbonyl (C=O) groups is 1. The first-order chi connectivity index (χ1) is 11.1. The quantitative estimate of drug-likeness (QED) is 0.644. The summed E-state index contributed by atoms with van der Waals surface area (Å²) in [5, 5.41) is 10.4. The first kappa shape index (κ1) is 17.6. The van der Waals surface area contributed by atoms with E-state index in [2.05, 4.69) is 9.89 Å². The van der Waals surface area contributed by atoms with Crippen LogP contribution in [0, 0.1) is 5.92 Å². The number of benzene rings is 1. The van der Waals surface area contributed by atoms with Crippen molar-refractivity contribution in [2.24, 2.45) is 10.9 Å². The highest BCUT2D eigenvalue weighted by Gasteiger charge is 2.27. The number of aliphatic hydroxyl groups is 1. The second-order valence-corrected chi connectivity index (χ2v) is 5.92. The Balaban J connectivity index is 1.91. The molecule has 2 atom stereocenters. The van der Waals surface area contributed by atoms with Gasteiger partial charge >= 0.3 is 5.97 Å². The van der Waals surface area contributed by atoms with Crippen molar-refractivity contribution < 1.29 is 14.6 Å². The minimum absolute atomic E-state index is 0.0703. The van der Waals surface area contributed by atoms with E-state index in [1.165, 1.54) is 0 Å². The van der Waals surface area contributed by atoms with Gasteiger partial charge in [0.2, 0.25) is 0 Å². The summed E-state index contributed by atoms with van der Waals surface area (Å²) in [6, 6.07) is 7.75. The summed E-state index contributed by atoms with van der Waals surface area (Å²) in [7, 11) is 1.74. The molecule has 0 radical (unpaired) electrons. The molecule has 2 rings (SSSR count). The van der Waals surface area contributed by atoms with Gasteiger partial charge in [-0.15, -0.1) is 0 Å². The molecule has 23 heavy (non-hydrogen) atoms. The Hall–Kier alpha value is -1.72. The zero-order chi connectivity index (χ0) is 16.7. The lowest BCUT2D eigenvalue weighted by atomic mass is 9.97. The number of carbonyl (C=O) groups excluding carboxylic acids is 1. The van der Waals surface area contributed by atoms with E-state index in [-0.39, 0.29) is 11.9 Å². The Labute approximate surface area is 138 Å². The fourth-order valence-corrected chi connectivity index (χ4v) is 2.98. The number of esters is 1. The number of hydrogen-bond acceptors (Lipinski definition) is 5. The van der Waals surface area contributed by atoms with Crippen LogP contribution in [0.5, 0.6) is 0 Å². The highest BCUT2D eigenvalue weighted by Crippen LogP contribution is 2.21. The van der Waals surface area contributed by atoms with Gasteiger partial charge in [0.15, 0.2) is 0 Å². The highest BCUT2D eigenvalue weighted by molar-refractivity contribution is 5.79. The van der Waals surface area contributed by atoms with Crippen molar-refractivity contribution in [2.45, 2.75) is 25.9 Å². The van der Waals surface area contributed by atoms with Gasteiger partial charge in [-0.05, 0) is 37.4 Å². The summed E-state index contributed by atoms with van der Waals surface area (Å²) in [4.78, 5) is 18.0. The summed E-state index contributed by atoms with van der Waals surface area (Å²) in [5.41, 5.74) is 1.90. The SMILES string of the molecule is CCOC(=O)[C@H]1CCCN(C[C@@H](O)c2ccc(C=NC)cc2)C1. The highest BCUT2D eigenvalue weighted by atomic mass is 16.5. The number of piperidine rings is 1. The van der Waals surface area contributed by atoms with Crippen molar-refractivity contribution in [3.05, 3.63) is 35.4 Å². The second-order valence-electron chi connectivity index (χ2n) is 5.92. The van der Waals surface area contributed by atoms with E-state index in [1.807, 2.05) is 31.2 Å². The molecular formula is C18H26N2O3. The topological polar surface area (TPSA) is 62.1 Å². The van der Waals surface area contributed by atoms with E-state index < -0.39 is 6.10 Å². The van der Waals surface area contributed by atoms with Crippen LogP contribution >= 0.6 is 0 Å². The molecule has 1 aliphatic rings. The molecule has 1 aromatic rings. The van der Waals surface area contributed by atoms with Crippen LogP contribution in [0.15, 0.2) is 29.3 Å². The maximum atomic E-state index is 11.9. The van der Waals surface area contributed by atoms with Crippen LogP contribution in [0.4, 0.5) is 0 Å². The van der Waals surface area contributed by atoms with E-state index in [0.29, 0.717) is 19.7 Å². The van der Waals surface area contributed by atoms with Gasteiger partial charge in [-0.25, -0.2) is 0 Å². The lowest BCUT2D eigenvalue weighted by Crippen LogP contribution is -2.41. The Morgan fingerprint density at radius 3 is 2.87 bits per heavy atom. The number of ether oxygens (including phenoxy) is 1. The molecular weight excluding hydrogens is 292 g/mol. The Kier molecular flexibility index (Phi) is 6.74. The van der Waals surface area contributed by atoms with Crippen LogP contribution in [-0.4, -0.2) is 55.5 Å². The third-order valence-electron chi connectivity index (χ3n) is 4.16. The monoisotopic (exact) mass is 318 g/mol. The third kappa shape index (κ3) is 5.15. The van der Waals surface area contributed by atoms with Crippen molar-refractivity contribution >= 4 is 12.2 Å². The van der Waals surface area contributed by atoms with Gasteiger partial charge < -0.3 is 9.84 Å². The minimum Gasteiger partial charge on any atom is -0.466 e. The summed E-state index contributed by atoms with van der Waals surface area (Å²) in [6.45, 7) is 4.36. The van der Waals surface area contributed by atoms with E-state index >= 15 is 0 Å². The maximum absolute atomic E-state index is 11.9. The number of hydrogen-bond donors (Lipinski definition) is 1. The maximum Gasteiger partial charge on any atom is 0.310 e. The molecule has 0 unspecified atom stereocenters. The summed E-state index contributed by atoms with van der Waals surface area (Å²) in [6.07, 6.45) is 3.06. The number of likely N-dealkylation sites (tertiary alicyclic amines) is 1. The van der Waals surface area contributed by atoms with Crippen LogP contribution in [0.3, 0.4) is 0 Å². The van der Waals surface area contributed by atoms with E-state index in [0.717, 1.165) is 30.5 Å². The average Bonchev–Trinajstić information content (AvgIpc) is 2.56. The molecule has 1 aliphatic heterocycles. The molecule has 0 amide bonds. The molecule has 126 valence electrons. The zero-order valence-corrected chi connectivity index (χ0v) is 13.9. The number of rotatable bonds is 6. The number of β-amino-alcohol motifs (C(OH)–C–C–N with tert-alkyl or cyclic N) is 1. The molecule has 1 N–H and O–H groups in total. The van der Waals surface area contributed by atoms with Crippen LogP contribution in [0.2, 0.25) is 0 Å². The smallest absolute Gasteiger partial charge is 0.310 e. The molecule has 0 bridgehead atoms. The number of aliphatic hydroxyl groups excluding tert-OH is 1. The van der Waals surface area contributed by atoms with Crippen LogP contribution in [0.1, 0.15) is 37.0 Å². The standard InChI is InChI=1S/C18H26N2O3/c1-3-23-18(22)16-5-4-10-20(12-16)13-17(21)15-8-6-14(7-9-15)11-19-2/h6-9,11,16-17,21H,3-5,10,12-13H2,1-2H3/t16-,17+/m0/s1. The van der Waals surface area contributed by atoms with Crippen molar-refractivity contribution in [1.29, 1.82) is 0 Å². The molecule has 0 spiro atoms. The molecule has 0 aliphatic carbocycles. The summed E-state index contributed by atoms with van der Waals surface area (Å²) < 4.78 is 5.11. The first-order valence-corrected chi connectivity index (χ1v) is 8.23. The predicted molar refractivity (Wildman–Crippen MR) is 90.7 cm³/mol. The molecule has 1 heterocycles. The number of aliphatic imine (C=N–C) groups is 1. The third-order valence-corrected chi connectivity index (χ3v) is 4.16. The molecule has 1 fully saturated rings. The van der Waals surface area contributed by atoms with Crippen molar-refractivity contribution in [3.63, 3.8) is 0 Å². The zero-order valence-electron chi connectivity index (χ0n) is 13.9. The fraction of sp³-hybridized carbons (Fsp3) is 0.556. The van der Waals surface area contributed by atoms with Gasteiger partial charge in [0, 0.05) is 26.4 Å². The predicted octanol–water partition coefficient (Wildman–Crippen LogP) is 2.04. The fourth-order valence-electron chi connectivity index (χ4n) is 2.98. The Morgan fingerprint density at radius 2 is 2.22 bits per heavy atom. The lowest BCUT2D eigenvalue weighted by molar-refractivity contribution is -0.150. The molecule has 5 nitrogen and oxygen atoms in total. The van der Waals surface area contributed by atoms with Crippen LogP contribution in [-0.2, 0) is 9.53 Å². The summed E-state index contributed by atoms with van der Waals surface area (Å²) >= 11 is 0. The van der Waals surface area contributed by atoms with Gasteiger partial charge in [-0.1, -0.05) is 24.3 Å². The van der Waals surface area contributed by atoms with Crippen molar-refractivity contribution in [1.82, 2.24) is 4.90 Å². The van der Waals surface area contributed by atoms with Gasteiger partial charge in [0.05, 0.1) is 18.6 Å². The van der Waals surface area contributed by atoms with Crippen LogP contribution in [0.25, 0.3) is 0 Å². The Morgan fingerprint density at radius 1 is 1.48 bits per heavy atom. The number of nitrogens with zero attached hydrogens (tertiary/aromatic N) is 2. The lowest BCUT2D eigenvalue weighted by Gasteiger charge is -2.32. The van der Waals surface area contributed by atoms with Gasteiger partial charge in [0.25, 0.3) is 0 Å². The van der Waals surface area contributed by atoms with Crippen molar-refractivity contribution in [3.8, 4) is 0 Å². The van der Waals surface area contributed by atoms with Crippen LogP contribution < -0.4 is 0 Å². The molecule has 0 aromatic heterocycles. The molecule has 5 heteroatoms. The minimum atomic E-state index is -0.552. The molecule has 0 saturated carbocycles. The molecule has 1 aromatic carbocycles. The first-order valence-electron chi connectivity index (χ1n) is 8.23. The van der Waals surface area contributed by atoms with E-state index in [1.54, 1.807) is 13.3 Å². The van der Waals surface area contributed by atoms with E-state index in [9.17, 15) is 9.90 Å². The average molecular weight is 318 g/mol. The van der Waals surface area contributed by atoms with Gasteiger partial charge in [-0.2, -0.15) is 0 Å². The van der Waals surface area contributed by atoms with Gasteiger partial charge in [0.1, 0.15) is 0 Å². The Bertz CT molecular complexity index is 528. The largest absolute Gasteiger partial charge is 0.466 e. The van der Waals surface area contributed by atoms with Gasteiger partial charge in [-0.3, -0.25) is 14.7 Å². The molecule has 1 saturated heterocycles. The normalized spacial score (nSPS) is 20.6. The summed E-state index contributed by atoms with van der Waals surface area (Å²) in [5.74, 6) is -0.186. The van der Waals surface area contributed by atoms with E-state index in [4.69, 9.17) is 4.74 Å². The second kappa shape index (κ2) is 8.79. The van der Waals surface area contributed by atoms with Crippen molar-refractivity contribution in [2.75, 3.05) is 33.3 Å².